The second-order valence-corrected chi connectivity index (χ2v) is 7.51. The molecule has 0 saturated carbocycles. The minimum atomic E-state index is -0.112. The summed E-state index contributed by atoms with van der Waals surface area (Å²) in [6.45, 7) is 2.56. The Kier molecular flexibility index (Phi) is 6.39. The number of nitrogens with zero attached hydrogens (tertiary/aromatic N) is 4. The predicted octanol–water partition coefficient (Wildman–Crippen LogP) is 3.17. The van der Waals surface area contributed by atoms with Crippen LogP contribution in [0.5, 0.6) is 0 Å². The fraction of sp³-hybridized carbons (Fsp3) is 0.455. The van der Waals surface area contributed by atoms with Gasteiger partial charge in [-0.25, -0.2) is 9.97 Å². The molecule has 1 aromatic heterocycles. The number of amides is 2. The van der Waals surface area contributed by atoms with Crippen molar-refractivity contribution in [2.24, 2.45) is 0 Å². The zero-order chi connectivity index (χ0) is 20.1. The molecular weight excluding hydrogens is 352 g/mol. The van der Waals surface area contributed by atoms with Gasteiger partial charge in [-0.15, -0.1) is 0 Å². The summed E-state index contributed by atoms with van der Waals surface area (Å²) in [5.41, 5.74) is 2.33. The smallest absolute Gasteiger partial charge is 0.256 e. The third kappa shape index (κ3) is 4.55. The number of rotatable bonds is 5. The van der Waals surface area contributed by atoms with Gasteiger partial charge in [0.1, 0.15) is 0 Å². The van der Waals surface area contributed by atoms with Gasteiger partial charge in [-0.05, 0) is 38.2 Å². The molecule has 3 rings (SSSR count). The Morgan fingerprint density at radius 3 is 2.61 bits per heavy atom. The van der Waals surface area contributed by atoms with Gasteiger partial charge in [0.15, 0.2) is 5.82 Å². The summed E-state index contributed by atoms with van der Waals surface area (Å²) in [5.74, 6) is 0.673. The minimum Gasteiger partial charge on any atom is -0.345 e. The number of piperidine rings is 1. The molecule has 2 amide bonds. The molecule has 28 heavy (non-hydrogen) atoms. The average molecular weight is 380 g/mol. The van der Waals surface area contributed by atoms with Crippen LogP contribution in [0.15, 0.2) is 36.5 Å². The lowest BCUT2D eigenvalue weighted by Crippen LogP contribution is -2.39. The van der Waals surface area contributed by atoms with Crippen LogP contribution in [-0.4, -0.2) is 52.2 Å². The molecule has 1 unspecified atom stereocenters. The third-order valence-electron chi connectivity index (χ3n) is 5.23. The van der Waals surface area contributed by atoms with E-state index in [9.17, 15) is 9.59 Å². The highest BCUT2D eigenvalue weighted by Crippen LogP contribution is 2.30. The van der Waals surface area contributed by atoms with Crippen molar-refractivity contribution >= 4 is 11.8 Å². The zero-order valence-electron chi connectivity index (χ0n) is 16.9. The summed E-state index contributed by atoms with van der Waals surface area (Å²) in [6, 6.07) is 9.96. The van der Waals surface area contributed by atoms with Crippen LogP contribution in [0, 0.1) is 6.92 Å². The SMILES string of the molecule is Cc1nc(C2CCCCN2C(=O)CCc2ccccc2)ncc1C(=O)N(C)C. The molecule has 1 fully saturated rings. The molecule has 2 aromatic rings. The first-order chi connectivity index (χ1) is 13.5. The lowest BCUT2D eigenvalue weighted by molar-refractivity contribution is -0.135. The highest BCUT2D eigenvalue weighted by molar-refractivity contribution is 5.94. The van der Waals surface area contributed by atoms with E-state index in [0.717, 1.165) is 32.2 Å². The highest BCUT2D eigenvalue weighted by Gasteiger charge is 2.30. The number of likely N-dealkylation sites (tertiary alicyclic amines) is 1. The van der Waals surface area contributed by atoms with Crippen LogP contribution in [0.3, 0.4) is 0 Å². The largest absolute Gasteiger partial charge is 0.345 e. The van der Waals surface area contributed by atoms with E-state index < -0.39 is 0 Å². The number of hydrogen-bond donors (Lipinski definition) is 0. The Labute approximate surface area is 166 Å². The lowest BCUT2D eigenvalue weighted by Gasteiger charge is -2.35. The quantitative estimate of drug-likeness (QED) is 0.799. The summed E-state index contributed by atoms with van der Waals surface area (Å²) in [4.78, 5) is 37.6. The van der Waals surface area contributed by atoms with Crippen LogP contribution in [0.4, 0.5) is 0 Å². The Balaban J connectivity index is 1.74. The van der Waals surface area contributed by atoms with Crippen molar-refractivity contribution in [3.63, 3.8) is 0 Å². The highest BCUT2D eigenvalue weighted by atomic mass is 16.2. The van der Waals surface area contributed by atoms with Crippen LogP contribution in [0.1, 0.15) is 59.2 Å². The molecule has 0 spiro atoms. The Bertz CT molecular complexity index is 836. The van der Waals surface area contributed by atoms with Gasteiger partial charge in [-0.3, -0.25) is 9.59 Å². The molecule has 1 aliphatic rings. The maximum atomic E-state index is 12.9. The summed E-state index contributed by atoms with van der Waals surface area (Å²) in [5, 5.41) is 0. The van der Waals surface area contributed by atoms with Gasteiger partial charge < -0.3 is 9.80 Å². The molecule has 1 saturated heterocycles. The molecule has 0 bridgehead atoms. The Morgan fingerprint density at radius 1 is 1.18 bits per heavy atom. The summed E-state index contributed by atoms with van der Waals surface area (Å²) < 4.78 is 0. The second kappa shape index (κ2) is 8.95. The van der Waals surface area contributed by atoms with Crippen molar-refractivity contribution < 1.29 is 9.59 Å². The van der Waals surface area contributed by atoms with Crippen LogP contribution in [0.2, 0.25) is 0 Å². The van der Waals surface area contributed by atoms with Gasteiger partial charge in [0, 0.05) is 33.3 Å². The molecule has 6 nitrogen and oxygen atoms in total. The fourth-order valence-electron chi connectivity index (χ4n) is 3.63. The van der Waals surface area contributed by atoms with Crippen LogP contribution >= 0.6 is 0 Å². The van der Waals surface area contributed by atoms with E-state index in [1.165, 1.54) is 10.5 Å². The van der Waals surface area contributed by atoms with Crippen LogP contribution < -0.4 is 0 Å². The number of aryl methyl sites for hydroxylation is 2. The average Bonchev–Trinajstić information content (AvgIpc) is 2.72. The van der Waals surface area contributed by atoms with Crippen molar-refractivity contribution in [2.45, 2.75) is 45.1 Å². The van der Waals surface area contributed by atoms with E-state index in [1.807, 2.05) is 42.2 Å². The Morgan fingerprint density at radius 2 is 1.93 bits per heavy atom. The second-order valence-electron chi connectivity index (χ2n) is 7.51. The summed E-state index contributed by atoms with van der Waals surface area (Å²) in [6.07, 6.45) is 5.73. The van der Waals surface area contributed by atoms with Crippen molar-refractivity contribution in [2.75, 3.05) is 20.6 Å². The molecule has 0 radical (unpaired) electrons. The van der Waals surface area contributed by atoms with Crippen LogP contribution in [-0.2, 0) is 11.2 Å². The number of aromatic nitrogens is 2. The first-order valence-corrected chi connectivity index (χ1v) is 9.86. The van der Waals surface area contributed by atoms with E-state index in [1.54, 1.807) is 20.3 Å². The number of hydrogen-bond acceptors (Lipinski definition) is 4. The van der Waals surface area contributed by atoms with Crippen molar-refractivity contribution in [3.05, 3.63) is 59.2 Å². The minimum absolute atomic E-state index is 0.108. The molecule has 1 aromatic carbocycles. The van der Waals surface area contributed by atoms with Crippen molar-refractivity contribution in [3.8, 4) is 0 Å². The fourth-order valence-corrected chi connectivity index (χ4v) is 3.63. The molecular formula is C22H28N4O2. The predicted molar refractivity (Wildman–Crippen MR) is 108 cm³/mol. The molecule has 0 aliphatic carbocycles. The number of carbonyl (C=O) groups excluding carboxylic acids is 2. The Hall–Kier alpha value is -2.76. The molecule has 148 valence electrons. The standard InChI is InChI=1S/C22H28N4O2/c1-16-18(22(28)25(2)3)15-23-21(24-16)19-11-7-8-14-26(19)20(27)13-12-17-9-5-4-6-10-17/h4-6,9-10,15,19H,7-8,11-14H2,1-3H3. The number of carbonyl (C=O) groups is 2. The molecule has 1 atom stereocenters. The van der Waals surface area contributed by atoms with Gasteiger partial charge in [0.05, 0.1) is 17.3 Å². The lowest BCUT2D eigenvalue weighted by atomic mass is 9.99. The van der Waals surface area contributed by atoms with Gasteiger partial charge in [-0.2, -0.15) is 0 Å². The van der Waals surface area contributed by atoms with Gasteiger partial charge in [0.25, 0.3) is 5.91 Å². The third-order valence-corrected chi connectivity index (χ3v) is 5.23. The van der Waals surface area contributed by atoms with E-state index in [0.29, 0.717) is 23.5 Å². The van der Waals surface area contributed by atoms with Gasteiger partial charge in [0.2, 0.25) is 5.91 Å². The molecule has 1 aliphatic heterocycles. The van der Waals surface area contributed by atoms with Crippen molar-refractivity contribution in [1.29, 1.82) is 0 Å². The zero-order valence-corrected chi connectivity index (χ0v) is 16.9. The van der Waals surface area contributed by atoms with E-state index in [2.05, 4.69) is 9.97 Å². The summed E-state index contributed by atoms with van der Waals surface area (Å²) >= 11 is 0. The maximum absolute atomic E-state index is 12.9. The van der Waals surface area contributed by atoms with Gasteiger partial charge in [-0.1, -0.05) is 30.3 Å². The molecule has 0 N–H and O–H groups in total. The van der Waals surface area contributed by atoms with Gasteiger partial charge >= 0.3 is 0 Å². The van der Waals surface area contributed by atoms with E-state index in [-0.39, 0.29) is 17.9 Å². The summed E-state index contributed by atoms with van der Waals surface area (Å²) in [7, 11) is 3.42. The van der Waals surface area contributed by atoms with E-state index >= 15 is 0 Å². The first kappa shape index (κ1) is 20.0. The molecule has 6 heteroatoms. The van der Waals surface area contributed by atoms with Crippen molar-refractivity contribution in [1.82, 2.24) is 19.8 Å². The van der Waals surface area contributed by atoms with Crippen LogP contribution in [0.25, 0.3) is 0 Å². The normalized spacial score (nSPS) is 16.7. The van der Waals surface area contributed by atoms with E-state index in [4.69, 9.17) is 0 Å². The topological polar surface area (TPSA) is 66.4 Å². The first-order valence-electron chi connectivity index (χ1n) is 9.86. The molecule has 2 heterocycles. The maximum Gasteiger partial charge on any atom is 0.256 e. The number of benzene rings is 1. The monoisotopic (exact) mass is 380 g/mol.